The lowest BCUT2D eigenvalue weighted by molar-refractivity contribution is -0.268. The number of ether oxygens (including phenoxy) is 3. The molecule has 0 unspecified atom stereocenters. The number of hydrogen-bond acceptors (Lipinski definition) is 5. The Balaban J connectivity index is 1.51. The van der Waals surface area contributed by atoms with E-state index in [4.69, 9.17) is 19.0 Å². The van der Waals surface area contributed by atoms with Crippen LogP contribution in [0.5, 0.6) is 0 Å². The molecular formula is C19H27NO5. The van der Waals surface area contributed by atoms with Gasteiger partial charge in [0.05, 0.1) is 31.5 Å². The van der Waals surface area contributed by atoms with Gasteiger partial charge in [-0.25, -0.2) is 5.06 Å². The first-order valence-corrected chi connectivity index (χ1v) is 8.99. The second-order valence-electron chi connectivity index (χ2n) is 6.57. The number of hydroxylamine groups is 2. The topological polar surface area (TPSA) is 57.2 Å². The third-order valence-corrected chi connectivity index (χ3v) is 4.76. The second-order valence-corrected chi connectivity index (χ2v) is 6.57. The van der Waals surface area contributed by atoms with Crippen LogP contribution in [0.3, 0.4) is 0 Å². The molecule has 0 aliphatic carbocycles. The van der Waals surface area contributed by atoms with Crippen molar-refractivity contribution in [2.75, 3.05) is 20.5 Å². The monoisotopic (exact) mass is 349 g/mol. The van der Waals surface area contributed by atoms with E-state index < -0.39 is 0 Å². The highest BCUT2D eigenvalue weighted by atomic mass is 16.7. The van der Waals surface area contributed by atoms with Gasteiger partial charge in [0.15, 0.2) is 0 Å². The molecule has 2 saturated heterocycles. The molecule has 6 nitrogen and oxygen atoms in total. The molecule has 3 atom stereocenters. The molecule has 0 saturated carbocycles. The number of carbonyl (C=O) groups is 1. The molecule has 138 valence electrons. The van der Waals surface area contributed by atoms with Crippen molar-refractivity contribution < 1.29 is 23.8 Å². The zero-order chi connectivity index (χ0) is 17.5. The number of piperidine rings is 1. The summed E-state index contributed by atoms with van der Waals surface area (Å²) in [6.45, 7) is 1.42. The number of fused-ring (bicyclic) bond motifs is 1. The number of rotatable bonds is 8. The summed E-state index contributed by atoms with van der Waals surface area (Å²) >= 11 is 0. The van der Waals surface area contributed by atoms with Crippen LogP contribution in [-0.2, 0) is 30.4 Å². The van der Waals surface area contributed by atoms with E-state index in [2.05, 4.69) is 12.1 Å². The first kappa shape index (κ1) is 18.3. The van der Waals surface area contributed by atoms with Gasteiger partial charge in [-0.05, 0) is 31.2 Å². The Morgan fingerprint density at radius 3 is 2.84 bits per heavy atom. The maximum Gasteiger partial charge on any atom is 0.246 e. The van der Waals surface area contributed by atoms with Crippen LogP contribution in [0.1, 0.15) is 37.7 Å². The smallest absolute Gasteiger partial charge is 0.246 e. The summed E-state index contributed by atoms with van der Waals surface area (Å²) in [7, 11) is 1.60. The van der Waals surface area contributed by atoms with Crippen molar-refractivity contribution >= 4 is 5.91 Å². The van der Waals surface area contributed by atoms with Crippen LogP contribution in [0.25, 0.3) is 0 Å². The van der Waals surface area contributed by atoms with Crippen molar-refractivity contribution in [2.45, 2.75) is 57.0 Å². The van der Waals surface area contributed by atoms with Gasteiger partial charge in [0.1, 0.15) is 6.79 Å². The van der Waals surface area contributed by atoms with E-state index in [1.165, 1.54) is 0 Å². The van der Waals surface area contributed by atoms with Crippen LogP contribution < -0.4 is 0 Å². The van der Waals surface area contributed by atoms with Crippen molar-refractivity contribution in [2.24, 2.45) is 0 Å². The highest BCUT2D eigenvalue weighted by Crippen LogP contribution is 2.32. The van der Waals surface area contributed by atoms with E-state index in [0.717, 1.165) is 31.2 Å². The summed E-state index contributed by atoms with van der Waals surface area (Å²) in [6, 6.07) is 10.1. The zero-order valence-electron chi connectivity index (χ0n) is 14.8. The van der Waals surface area contributed by atoms with E-state index in [1.54, 1.807) is 12.2 Å². The maximum absolute atomic E-state index is 12.3. The fourth-order valence-corrected chi connectivity index (χ4v) is 3.44. The molecule has 0 radical (unpaired) electrons. The number of benzene rings is 1. The minimum Gasteiger partial charge on any atom is -0.371 e. The Hall–Kier alpha value is -1.47. The molecule has 0 bridgehead atoms. The van der Waals surface area contributed by atoms with E-state index in [0.29, 0.717) is 19.6 Å². The summed E-state index contributed by atoms with van der Waals surface area (Å²) in [5.74, 6) is 0.0621. The van der Waals surface area contributed by atoms with Crippen LogP contribution >= 0.6 is 0 Å². The lowest BCUT2D eigenvalue weighted by Gasteiger charge is -2.45. The van der Waals surface area contributed by atoms with Crippen LogP contribution in [-0.4, -0.2) is 49.7 Å². The van der Waals surface area contributed by atoms with Gasteiger partial charge < -0.3 is 14.2 Å². The fourth-order valence-electron chi connectivity index (χ4n) is 3.44. The summed E-state index contributed by atoms with van der Waals surface area (Å²) in [5.41, 5.74) is 1.15. The van der Waals surface area contributed by atoms with Gasteiger partial charge >= 0.3 is 0 Å². The zero-order valence-corrected chi connectivity index (χ0v) is 14.8. The Labute approximate surface area is 148 Å². The van der Waals surface area contributed by atoms with Gasteiger partial charge in [0.25, 0.3) is 0 Å². The first-order chi connectivity index (χ1) is 12.3. The third kappa shape index (κ3) is 5.01. The highest BCUT2D eigenvalue weighted by molar-refractivity contribution is 5.76. The third-order valence-electron chi connectivity index (χ3n) is 4.76. The van der Waals surface area contributed by atoms with Gasteiger partial charge in [-0.1, -0.05) is 30.3 Å². The number of nitrogens with zero attached hydrogens (tertiary/aromatic N) is 1. The molecule has 6 heteroatoms. The molecule has 25 heavy (non-hydrogen) atoms. The maximum atomic E-state index is 12.3. The second kappa shape index (κ2) is 9.29. The Bertz CT molecular complexity index is 538. The van der Waals surface area contributed by atoms with Gasteiger partial charge in [0.2, 0.25) is 5.91 Å². The highest BCUT2D eigenvalue weighted by Gasteiger charge is 2.41. The molecule has 2 fully saturated rings. The number of amides is 1. The van der Waals surface area contributed by atoms with Crippen molar-refractivity contribution in [1.29, 1.82) is 0 Å². The van der Waals surface area contributed by atoms with E-state index in [-0.39, 0.29) is 30.9 Å². The average Bonchev–Trinajstić information content (AvgIpc) is 2.66. The van der Waals surface area contributed by atoms with Crippen molar-refractivity contribution in [3.8, 4) is 0 Å². The lowest BCUT2D eigenvalue weighted by atomic mass is 9.93. The standard InChI is InChI=1S/C19H27NO5/c1-22-14-23-12-11-16-7-8-17-18(9-10-19(21)20(17)25-16)24-13-15-5-3-2-4-6-15/h2-6,16-18H,7-14H2,1H3/t16-,17+,18-/m0/s1. The minimum absolute atomic E-state index is 0.0149. The number of methoxy groups -OCH3 is 1. The Kier molecular flexibility index (Phi) is 6.81. The first-order valence-electron chi connectivity index (χ1n) is 8.99. The van der Waals surface area contributed by atoms with Crippen molar-refractivity contribution in [3.05, 3.63) is 35.9 Å². The van der Waals surface area contributed by atoms with E-state index >= 15 is 0 Å². The van der Waals surface area contributed by atoms with Crippen molar-refractivity contribution in [1.82, 2.24) is 5.06 Å². The Morgan fingerprint density at radius 1 is 1.20 bits per heavy atom. The predicted molar refractivity (Wildman–Crippen MR) is 91.4 cm³/mol. The summed E-state index contributed by atoms with van der Waals surface area (Å²) in [5, 5.41) is 1.57. The summed E-state index contributed by atoms with van der Waals surface area (Å²) in [6.07, 6.45) is 3.86. The number of hydrogen-bond donors (Lipinski definition) is 0. The van der Waals surface area contributed by atoms with Crippen LogP contribution in [0.4, 0.5) is 0 Å². The number of carbonyl (C=O) groups excluding carboxylic acids is 1. The molecule has 2 heterocycles. The summed E-state index contributed by atoms with van der Waals surface area (Å²) in [4.78, 5) is 18.2. The fraction of sp³-hybridized carbons (Fsp3) is 0.632. The quantitative estimate of drug-likeness (QED) is 0.533. The average molecular weight is 349 g/mol. The molecule has 0 spiro atoms. The van der Waals surface area contributed by atoms with E-state index in [9.17, 15) is 4.79 Å². The van der Waals surface area contributed by atoms with E-state index in [1.807, 2.05) is 18.2 Å². The molecule has 2 aliphatic heterocycles. The minimum atomic E-state index is 0.0149. The largest absolute Gasteiger partial charge is 0.371 e. The molecule has 1 aromatic carbocycles. The summed E-state index contributed by atoms with van der Waals surface area (Å²) < 4.78 is 16.3. The van der Waals surface area contributed by atoms with Crippen LogP contribution in [0, 0.1) is 0 Å². The van der Waals surface area contributed by atoms with Gasteiger partial charge in [0, 0.05) is 13.5 Å². The molecule has 0 N–H and O–H groups in total. The predicted octanol–water partition coefficient (Wildman–Crippen LogP) is 2.67. The molecule has 1 aromatic rings. The molecule has 3 rings (SSSR count). The molecule has 1 amide bonds. The van der Waals surface area contributed by atoms with Crippen molar-refractivity contribution in [3.63, 3.8) is 0 Å². The molecular weight excluding hydrogens is 322 g/mol. The van der Waals surface area contributed by atoms with Gasteiger partial charge in [-0.15, -0.1) is 0 Å². The molecule has 2 aliphatic rings. The van der Waals surface area contributed by atoms with Gasteiger partial charge in [-0.2, -0.15) is 0 Å². The molecule has 0 aromatic heterocycles. The van der Waals surface area contributed by atoms with Crippen LogP contribution in [0.15, 0.2) is 30.3 Å². The van der Waals surface area contributed by atoms with Crippen LogP contribution in [0.2, 0.25) is 0 Å². The SMILES string of the molecule is COCOCC[C@@H]1CC[C@@H]2[C@@H](OCc3ccccc3)CCC(=O)N2O1. The Morgan fingerprint density at radius 2 is 2.04 bits per heavy atom. The lowest BCUT2D eigenvalue weighted by Crippen LogP contribution is -2.56. The van der Waals surface area contributed by atoms with Gasteiger partial charge in [-0.3, -0.25) is 9.63 Å². The normalized spacial score (nSPS) is 26.5.